The molecule has 1 saturated carbocycles. The number of rotatable bonds is 2. The largest absolute Gasteiger partial charge is 0.351 e. The smallest absolute Gasteiger partial charge is 0.222 e. The van der Waals surface area contributed by atoms with Crippen molar-refractivity contribution < 1.29 is 0 Å². The lowest BCUT2D eigenvalue weighted by atomic mass is 9.63. The zero-order chi connectivity index (χ0) is 13.4. The van der Waals surface area contributed by atoms with Crippen molar-refractivity contribution in [2.24, 2.45) is 10.8 Å². The molecule has 0 atom stereocenters. The molecule has 0 aromatic carbocycles. The molecule has 0 aliphatic heterocycles. The van der Waals surface area contributed by atoms with Gasteiger partial charge < -0.3 is 5.32 Å². The third-order valence-electron chi connectivity index (χ3n) is 3.51. The van der Waals surface area contributed by atoms with Crippen molar-refractivity contribution in [3.63, 3.8) is 0 Å². The van der Waals surface area contributed by atoms with Crippen LogP contribution in [-0.4, -0.2) is 16.0 Å². The molecule has 1 fully saturated rings. The van der Waals surface area contributed by atoms with Crippen molar-refractivity contribution >= 4 is 17.5 Å². The molecular formula is C14H22ClN3. The Hall–Kier alpha value is -0.830. The second-order valence-corrected chi connectivity index (χ2v) is 7.42. The summed E-state index contributed by atoms with van der Waals surface area (Å²) in [6.45, 7) is 9.35. The van der Waals surface area contributed by atoms with Crippen LogP contribution in [0.5, 0.6) is 0 Å². The van der Waals surface area contributed by atoms with Gasteiger partial charge in [0.05, 0.1) is 17.4 Å². The van der Waals surface area contributed by atoms with Gasteiger partial charge in [0, 0.05) is 6.04 Å². The van der Waals surface area contributed by atoms with E-state index in [0.29, 0.717) is 27.8 Å². The zero-order valence-electron chi connectivity index (χ0n) is 11.6. The van der Waals surface area contributed by atoms with E-state index in [1.807, 2.05) is 0 Å². The predicted molar refractivity (Wildman–Crippen MR) is 75.9 cm³/mol. The maximum Gasteiger partial charge on any atom is 0.222 e. The maximum absolute atomic E-state index is 5.79. The number of anilines is 1. The van der Waals surface area contributed by atoms with Gasteiger partial charge in [0.1, 0.15) is 0 Å². The monoisotopic (exact) mass is 267 g/mol. The minimum Gasteiger partial charge on any atom is -0.351 e. The average Bonchev–Trinajstić information content (AvgIpc) is 2.16. The minimum atomic E-state index is 0.367. The first-order valence-electron chi connectivity index (χ1n) is 6.50. The van der Waals surface area contributed by atoms with E-state index < -0.39 is 0 Å². The summed E-state index contributed by atoms with van der Waals surface area (Å²) in [4.78, 5) is 8.43. The Morgan fingerprint density at radius 1 is 1.11 bits per heavy atom. The number of aromatic nitrogens is 2. The number of hydrogen-bond donors (Lipinski definition) is 1. The van der Waals surface area contributed by atoms with Crippen molar-refractivity contribution in [3.05, 3.63) is 17.4 Å². The second-order valence-electron chi connectivity index (χ2n) is 6.98. The first-order chi connectivity index (χ1) is 8.26. The molecule has 1 aromatic heterocycles. The van der Waals surface area contributed by atoms with Gasteiger partial charge in [0.25, 0.3) is 0 Å². The van der Waals surface area contributed by atoms with Crippen molar-refractivity contribution in [2.75, 3.05) is 5.32 Å². The first kappa shape index (κ1) is 13.6. The molecule has 100 valence electrons. The zero-order valence-corrected chi connectivity index (χ0v) is 12.4. The topological polar surface area (TPSA) is 37.8 Å². The van der Waals surface area contributed by atoms with E-state index in [-0.39, 0.29) is 0 Å². The molecule has 0 unspecified atom stereocenters. The van der Waals surface area contributed by atoms with E-state index in [2.05, 4.69) is 43.0 Å². The third-order valence-corrected chi connectivity index (χ3v) is 3.70. The Balaban J connectivity index is 2.07. The van der Waals surface area contributed by atoms with Gasteiger partial charge in [0.15, 0.2) is 0 Å². The number of nitrogens with zero attached hydrogens (tertiary/aromatic N) is 2. The highest BCUT2D eigenvalue weighted by Crippen LogP contribution is 2.46. The van der Waals surface area contributed by atoms with Gasteiger partial charge >= 0.3 is 0 Å². The van der Waals surface area contributed by atoms with Crippen LogP contribution in [0, 0.1) is 10.8 Å². The van der Waals surface area contributed by atoms with Crippen LogP contribution in [0.25, 0.3) is 0 Å². The van der Waals surface area contributed by atoms with Crippen LogP contribution in [0.1, 0.15) is 47.0 Å². The summed E-state index contributed by atoms with van der Waals surface area (Å²) >= 11 is 5.79. The predicted octanol–water partition coefficient (Wildman–Crippen LogP) is 4.15. The molecule has 1 heterocycles. The normalized spacial score (nSPS) is 22.7. The van der Waals surface area contributed by atoms with Crippen molar-refractivity contribution in [1.29, 1.82) is 0 Å². The van der Waals surface area contributed by atoms with Gasteiger partial charge in [-0.2, -0.15) is 0 Å². The average molecular weight is 268 g/mol. The summed E-state index contributed by atoms with van der Waals surface area (Å²) in [6.07, 6.45) is 6.84. The Labute approximate surface area is 114 Å². The molecule has 18 heavy (non-hydrogen) atoms. The molecular weight excluding hydrogens is 246 g/mol. The van der Waals surface area contributed by atoms with Gasteiger partial charge in [-0.15, -0.1) is 0 Å². The van der Waals surface area contributed by atoms with Gasteiger partial charge in [-0.05, 0) is 30.1 Å². The highest BCUT2D eigenvalue weighted by molar-refractivity contribution is 6.30. The highest BCUT2D eigenvalue weighted by atomic mass is 35.5. The summed E-state index contributed by atoms with van der Waals surface area (Å²) in [5.74, 6) is 0.679. The van der Waals surface area contributed by atoms with E-state index in [1.54, 1.807) is 12.4 Å². The molecule has 0 bridgehead atoms. The van der Waals surface area contributed by atoms with Crippen LogP contribution in [0.3, 0.4) is 0 Å². The van der Waals surface area contributed by atoms with E-state index in [4.69, 9.17) is 11.6 Å². The van der Waals surface area contributed by atoms with Crippen LogP contribution in [-0.2, 0) is 0 Å². The Morgan fingerprint density at radius 2 is 1.61 bits per heavy atom. The third kappa shape index (κ3) is 3.58. The van der Waals surface area contributed by atoms with Crippen LogP contribution in [0.15, 0.2) is 12.4 Å². The molecule has 1 N–H and O–H groups in total. The van der Waals surface area contributed by atoms with E-state index in [9.17, 15) is 0 Å². The first-order valence-corrected chi connectivity index (χ1v) is 6.88. The van der Waals surface area contributed by atoms with Gasteiger partial charge in [-0.1, -0.05) is 39.3 Å². The molecule has 1 aliphatic carbocycles. The lowest BCUT2D eigenvalue weighted by molar-refractivity contribution is 0.105. The molecule has 2 rings (SSSR count). The maximum atomic E-state index is 5.79. The lowest BCUT2D eigenvalue weighted by Gasteiger charge is -2.45. The van der Waals surface area contributed by atoms with Crippen LogP contribution in [0.4, 0.5) is 5.95 Å². The fraction of sp³-hybridized carbons (Fsp3) is 0.714. The molecule has 0 spiro atoms. The summed E-state index contributed by atoms with van der Waals surface area (Å²) in [7, 11) is 0. The molecule has 3 nitrogen and oxygen atoms in total. The van der Waals surface area contributed by atoms with Crippen LogP contribution >= 0.6 is 11.6 Å². The molecule has 1 aliphatic rings. The summed E-state index contributed by atoms with van der Waals surface area (Å²) in [6, 6.07) is 0.435. The molecule has 1 aromatic rings. The number of nitrogens with one attached hydrogen (secondary N) is 1. The molecule has 0 saturated heterocycles. The Kier molecular flexibility index (Phi) is 3.54. The minimum absolute atomic E-state index is 0.367. The van der Waals surface area contributed by atoms with Gasteiger partial charge in [0.2, 0.25) is 5.95 Å². The summed E-state index contributed by atoms with van der Waals surface area (Å²) in [5, 5.41) is 4.01. The van der Waals surface area contributed by atoms with E-state index >= 15 is 0 Å². The van der Waals surface area contributed by atoms with Crippen molar-refractivity contribution in [1.82, 2.24) is 9.97 Å². The Bertz CT molecular complexity index is 396. The van der Waals surface area contributed by atoms with Crippen LogP contribution < -0.4 is 5.32 Å². The molecule has 0 amide bonds. The number of halogens is 1. The van der Waals surface area contributed by atoms with Crippen molar-refractivity contribution in [3.8, 4) is 0 Å². The van der Waals surface area contributed by atoms with E-state index in [0.717, 1.165) is 12.8 Å². The quantitative estimate of drug-likeness (QED) is 0.875. The van der Waals surface area contributed by atoms with E-state index in [1.165, 1.54) is 6.42 Å². The number of hydrogen-bond acceptors (Lipinski definition) is 3. The van der Waals surface area contributed by atoms with Crippen LogP contribution in [0.2, 0.25) is 5.02 Å². The second kappa shape index (κ2) is 4.69. The molecule has 0 radical (unpaired) electrons. The standard InChI is InChI=1S/C14H22ClN3/c1-13(2)5-11(6-14(3,4)9-13)18-12-16-7-10(15)8-17-12/h7-8,11H,5-6,9H2,1-4H3,(H,16,17,18). The fourth-order valence-electron chi connectivity index (χ4n) is 3.52. The highest BCUT2D eigenvalue weighted by Gasteiger charge is 2.38. The fourth-order valence-corrected chi connectivity index (χ4v) is 3.62. The summed E-state index contributed by atoms with van der Waals surface area (Å²) in [5.41, 5.74) is 0.734. The SMILES string of the molecule is CC1(C)CC(Nc2ncc(Cl)cn2)CC(C)(C)C1. The van der Waals surface area contributed by atoms with Crippen molar-refractivity contribution in [2.45, 2.75) is 53.0 Å². The molecule has 4 heteroatoms. The van der Waals surface area contributed by atoms with Gasteiger partial charge in [-0.25, -0.2) is 9.97 Å². The van der Waals surface area contributed by atoms with Gasteiger partial charge in [-0.3, -0.25) is 0 Å². The summed E-state index contributed by atoms with van der Waals surface area (Å²) < 4.78 is 0. The lowest BCUT2D eigenvalue weighted by Crippen LogP contribution is -2.40. The Morgan fingerprint density at radius 3 is 2.11 bits per heavy atom.